The second-order valence-electron chi connectivity index (χ2n) is 2.15. The number of rotatable bonds is 1. The Morgan fingerprint density at radius 3 is 2.91 bits per heavy atom. The summed E-state index contributed by atoms with van der Waals surface area (Å²) in [6, 6.07) is 4.17. The van der Waals surface area contributed by atoms with E-state index in [-0.39, 0.29) is 0 Å². The summed E-state index contributed by atoms with van der Waals surface area (Å²) >= 11 is 5.08. The molecule has 0 saturated carbocycles. The molecule has 0 N–H and O–H groups in total. The highest BCUT2D eigenvalue weighted by molar-refractivity contribution is 9.09. The number of hydrogen-bond acceptors (Lipinski definition) is 1. The fraction of sp³-hybridized carbons (Fsp3) is 0.333. The van der Waals surface area contributed by atoms with E-state index in [1.54, 1.807) is 11.3 Å². The van der Waals surface area contributed by atoms with Crippen LogP contribution in [0.5, 0.6) is 0 Å². The van der Waals surface area contributed by atoms with E-state index in [9.17, 15) is 0 Å². The summed E-state index contributed by atoms with van der Waals surface area (Å²) in [5.74, 6) is 6.18. The van der Waals surface area contributed by atoms with Crippen LogP contribution < -0.4 is 0 Å². The maximum absolute atomic E-state index is 3.33. The summed E-state index contributed by atoms with van der Waals surface area (Å²) in [5.41, 5.74) is 0. The maximum Gasteiger partial charge on any atom is 0.0771 e. The summed E-state index contributed by atoms with van der Waals surface area (Å²) in [6.07, 6.45) is 0.928. The van der Waals surface area contributed by atoms with Crippen LogP contribution >= 0.6 is 27.3 Å². The predicted molar refractivity (Wildman–Crippen MR) is 54.3 cm³/mol. The van der Waals surface area contributed by atoms with Crippen LogP contribution in [-0.2, 0) is 0 Å². The molecule has 2 heteroatoms. The first-order chi connectivity index (χ1) is 5.33. The molecule has 11 heavy (non-hydrogen) atoms. The van der Waals surface area contributed by atoms with Crippen LogP contribution in [0.15, 0.2) is 12.1 Å². The minimum atomic E-state index is 0.928. The Bertz CT molecular complexity index is 277. The van der Waals surface area contributed by atoms with Gasteiger partial charge in [-0.1, -0.05) is 27.8 Å². The van der Waals surface area contributed by atoms with Crippen LogP contribution in [0.4, 0.5) is 0 Å². The SMILES string of the molecule is Cc1ccc(C#CCCBr)s1. The van der Waals surface area contributed by atoms with Gasteiger partial charge in [0.05, 0.1) is 4.88 Å². The quantitative estimate of drug-likeness (QED) is 0.512. The zero-order chi connectivity index (χ0) is 8.10. The average molecular weight is 229 g/mol. The number of hydrogen-bond donors (Lipinski definition) is 0. The lowest BCUT2D eigenvalue weighted by Gasteiger charge is -1.77. The van der Waals surface area contributed by atoms with Gasteiger partial charge in [0.15, 0.2) is 0 Å². The van der Waals surface area contributed by atoms with E-state index in [0.717, 1.165) is 11.8 Å². The Morgan fingerprint density at radius 1 is 1.55 bits per heavy atom. The molecule has 0 nitrogen and oxygen atoms in total. The second-order valence-corrected chi connectivity index (χ2v) is 4.23. The molecule has 0 radical (unpaired) electrons. The second kappa shape index (κ2) is 4.58. The number of alkyl halides is 1. The minimum absolute atomic E-state index is 0.928. The summed E-state index contributed by atoms with van der Waals surface area (Å²) in [4.78, 5) is 2.50. The molecule has 0 aliphatic rings. The lowest BCUT2D eigenvalue weighted by Crippen LogP contribution is -1.66. The Morgan fingerprint density at radius 2 is 2.36 bits per heavy atom. The fourth-order valence-electron chi connectivity index (χ4n) is 0.699. The van der Waals surface area contributed by atoms with Crippen LogP contribution in [0.25, 0.3) is 0 Å². The largest absolute Gasteiger partial charge is 0.132 e. The molecule has 0 aliphatic heterocycles. The van der Waals surface area contributed by atoms with E-state index in [1.165, 1.54) is 9.75 Å². The smallest absolute Gasteiger partial charge is 0.0771 e. The van der Waals surface area contributed by atoms with Crippen molar-refractivity contribution in [2.45, 2.75) is 13.3 Å². The summed E-state index contributed by atoms with van der Waals surface area (Å²) in [6.45, 7) is 2.10. The molecule has 1 aromatic heterocycles. The molecule has 0 aliphatic carbocycles. The van der Waals surface area contributed by atoms with Crippen molar-refractivity contribution in [3.05, 3.63) is 21.9 Å². The van der Waals surface area contributed by atoms with Crippen LogP contribution in [0.1, 0.15) is 16.2 Å². The lowest BCUT2D eigenvalue weighted by atomic mass is 10.4. The monoisotopic (exact) mass is 228 g/mol. The average Bonchev–Trinajstić information content (AvgIpc) is 2.37. The molecule has 58 valence electrons. The maximum atomic E-state index is 3.33. The highest BCUT2D eigenvalue weighted by Crippen LogP contribution is 2.13. The van der Waals surface area contributed by atoms with Crippen LogP contribution in [0.2, 0.25) is 0 Å². The number of aryl methyl sites for hydroxylation is 1. The molecular weight excluding hydrogens is 220 g/mol. The van der Waals surface area contributed by atoms with Gasteiger partial charge in [0, 0.05) is 16.6 Å². The zero-order valence-corrected chi connectivity index (χ0v) is 8.76. The van der Waals surface area contributed by atoms with Crippen molar-refractivity contribution in [3.63, 3.8) is 0 Å². The highest BCUT2D eigenvalue weighted by atomic mass is 79.9. The van der Waals surface area contributed by atoms with Crippen molar-refractivity contribution >= 4 is 27.3 Å². The topological polar surface area (TPSA) is 0 Å². The van der Waals surface area contributed by atoms with Gasteiger partial charge in [-0.3, -0.25) is 0 Å². The Hall–Kier alpha value is -0.260. The predicted octanol–water partition coefficient (Wildman–Crippen LogP) is 3.19. The molecule has 1 rings (SSSR count). The normalized spacial score (nSPS) is 8.91. The van der Waals surface area contributed by atoms with Crippen molar-refractivity contribution in [3.8, 4) is 11.8 Å². The van der Waals surface area contributed by atoms with Crippen LogP contribution in [-0.4, -0.2) is 5.33 Å². The zero-order valence-electron chi connectivity index (χ0n) is 6.36. The van der Waals surface area contributed by atoms with Gasteiger partial charge in [0.25, 0.3) is 0 Å². The van der Waals surface area contributed by atoms with Gasteiger partial charge >= 0.3 is 0 Å². The van der Waals surface area contributed by atoms with Crippen molar-refractivity contribution in [2.75, 3.05) is 5.33 Å². The number of thiophene rings is 1. The van der Waals surface area contributed by atoms with Crippen molar-refractivity contribution in [1.82, 2.24) is 0 Å². The van der Waals surface area contributed by atoms with Crippen LogP contribution in [0.3, 0.4) is 0 Å². The minimum Gasteiger partial charge on any atom is -0.132 e. The fourth-order valence-corrected chi connectivity index (χ4v) is 1.64. The molecule has 0 amide bonds. The van der Waals surface area contributed by atoms with Crippen molar-refractivity contribution < 1.29 is 0 Å². The van der Waals surface area contributed by atoms with Gasteiger partial charge in [-0.2, -0.15) is 0 Å². The van der Waals surface area contributed by atoms with Crippen molar-refractivity contribution in [2.24, 2.45) is 0 Å². The van der Waals surface area contributed by atoms with E-state index in [1.807, 2.05) is 0 Å². The molecule has 1 heterocycles. The highest BCUT2D eigenvalue weighted by Gasteiger charge is 1.89. The van der Waals surface area contributed by atoms with E-state index >= 15 is 0 Å². The van der Waals surface area contributed by atoms with Gasteiger partial charge in [0.1, 0.15) is 0 Å². The third-order valence-corrected chi connectivity index (χ3v) is 2.48. The molecule has 0 saturated heterocycles. The van der Waals surface area contributed by atoms with Gasteiger partial charge in [-0.05, 0) is 19.1 Å². The van der Waals surface area contributed by atoms with E-state index in [0.29, 0.717) is 0 Å². The molecule has 0 bridgehead atoms. The molecular formula is C9H9BrS. The first-order valence-electron chi connectivity index (χ1n) is 3.44. The van der Waals surface area contributed by atoms with Crippen molar-refractivity contribution in [1.29, 1.82) is 0 Å². The Balaban J connectivity index is 2.59. The van der Waals surface area contributed by atoms with Gasteiger partial charge in [-0.15, -0.1) is 11.3 Å². The Kier molecular flexibility index (Phi) is 3.68. The van der Waals surface area contributed by atoms with Gasteiger partial charge < -0.3 is 0 Å². The number of halogens is 1. The van der Waals surface area contributed by atoms with E-state index in [4.69, 9.17) is 0 Å². The standard InChI is InChI=1S/C9H9BrS/c1-8-5-6-9(11-8)4-2-3-7-10/h5-6H,3,7H2,1H3. The van der Waals surface area contributed by atoms with Gasteiger partial charge in [-0.25, -0.2) is 0 Å². The Labute approximate surface area is 79.8 Å². The molecule has 0 aromatic carbocycles. The molecule has 0 atom stereocenters. The molecule has 0 unspecified atom stereocenters. The third kappa shape index (κ3) is 3.09. The molecule has 1 aromatic rings. The van der Waals surface area contributed by atoms with E-state index in [2.05, 4.69) is 46.8 Å². The lowest BCUT2D eigenvalue weighted by molar-refractivity contribution is 1.32. The molecule has 0 fully saturated rings. The van der Waals surface area contributed by atoms with E-state index < -0.39 is 0 Å². The summed E-state index contributed by atoms with van der Waals surface area (Å²) in [7, 11) is 0. The molecule has 0 spiro atoms. The van der Waals surface area contributed by atoms with Gasteiger partial charge in [0.2, 0.25) is 0 Å². The first-order valence-corrected chi connectivity index (χ1v) is 5.38. The van der Waals surface area contributed by atoms with Crippen LogP contribution in [0, 0.1) is 18.8 Å². The third-order valence-electron chi connectivity index (χ3n) is 1.17. The summed E-state index contributed by atoms with van der Waals surface area (Å²) < 4.78 is 0. The first kappa shape index (κ1) is 8.83. The summed E-state index contributed by atoms with van der Waals surface area (Å²) in [5, 5.41) is 0.963.